The Hall–Kier alpha value is -0.910. The minimum Gasteiger partial charge on any atom is -0.369 e. The Morgan fingerprint density at radius 1 is 1.25 bits per heavy atom. The van der Waals surface area contributed by atoms with Crippen LogP contribution in [0, 0.1) is 18.8 Å². The van der Waals surface area contributed by atoms with Gasteiger partial charge in [0.1, 0.15) is 0 Å². The fourth-order valence-corrected chi connectivity index (χ4v) is 5.26. The molecule has 1 saturated heterocycles. The Labute approximate surface area is 119 Å². The molecule has 4 nitrogen and oxygen atoms in total. The van der Waals surface area contributed by atoms with E-state index in [1.165, 1.54) is 0 Å². The number of hydrogen-bond acceptors (Lipinski definition) is 4. The van der Waals surface area contributed by atoms with Crippen LogP contribution in [0.15, 0.2) is 29.2 Å². The quantitative estimate of drug-likeness (QED) is 0.634. The van der Waals surface area contributed by atoms with Gasteiger partial charge in [-0.05, 0) is 44.7 Å². The lowest BCUT2D eigenvalue weighted by Gasteiger charge is -2.31. The molecule has 0 aromatic heterocycles. The molecule has 20 heavy (non-hydrogen) atoms. The third kappa shape index (κ3) is 1.76. The van der Waals surface area contributed by atoms with Gasteiger partial charge in [0.25, 0.3) is 10.1 Å². The topological polar surface area (TPSA) is 55.9 Å². The van der Waals surface area contributed by atoms with Crippen molar-refractivity contribution in [1.82, 2.24) is 0 Å². The first-order chi connectivity index (χ1) is 9.39. The van der Waals surface area contributed by atoms with E-state index in [2.05, 4.69) is 0 Å². The maximum Gasteiger partial charge on any atom is 0.297 e. The van der Waals surface area contributed by atoms with Crippen LogP contribution in [-0.4, -0.2) is 26.2 Å². The predicted molar refractivity (Wildman–Crippen MR) is 72.7 cm³/mol. The van der Waals surface area contributed by atoms with Crippen molar-refractivity contribution < 1.29 is 17.3 Å². The summed E-state index contributed by atoms with van der Waals surface area (Å²) in [5, 5.41) is 0. The molecule has 0 N–H and O–H groups in total. The lowest BCUT2D eigenvalue weighted by atomic mass is 9.86. The Bertz CT molecular complexity index is 651. The van der Waals surface area contributed by atoms with Gasteiger partial charge in [0, 0.05) is 5.92 Å². The van der Waals surface area contributed by atoms with Crippen LogP contribution in [0.3, 0.4) is 0 Å². The Kier molecular flexibility index (Phi) is 2.46. The zero-order chi connectivity index (χ0) is 14.1. The summed E-state index contributed by atoms with van der Waals surface area (Å²) in [5.41, 5.74) is 0.427. The molecule has 1 aliphatic heterocycles. The fraction of sp³-hybridized carbons (Fsp3) is 0.600. The van der Waals surface area contributed by atoms with E-state index in [9.17, 15) is 8.42 Å². The van der Waals surface area contributed by atoms with E-state index in [4.69, 9.17) is 8.92 Å². The van der Waals surface area contributed by atoms with Crippen molar-refractivity contribution in [2.75, 3.05) is 0 Å². The molecule has 3 fully saturated rings. The summed E-state index contributed by atoms with van der Waals surface area (Å²) in [6.45, 7) is 3.85. The minimum atomic E-state index is -3.70. The van der Waals surface area contributed by atoms with Gasteiger partial charge in [-0.3, -0.25) is 4.18 Å². The number of aryl methyl sites for hydroxylation is 1. The fourth-order valence-electron chi connectivity index (χ4n) is 4.00. The summed E-state index contributed by atoms with van der Waals surface area (Å²) in [7, 11) is -3.70. The van der Waals surface area contributed by atoms with Gasteiger partial charge in [-0.15, -0.1) is 0 Å². The maximum atomic E-state index is 12.4. The molecule has 2 bridgehead atoms. The summed E-state index contributed by atoms with van der Waals surface area (Å²) < 4.78 is 36.1. The number of rotatable bonds is 3. The third-order valence-electron chi connectivity index (χ3n) is 5.04. The summed E-state index contributed by atoms with van der Waals surface area (Å²) in [6, 6.07) is 6.80. The van der Waals surface area contributed by atoms with Crippen LogP contribution in [0.4, 0.5) is 0 Å². The summed E-state index contributed by atoms with van der Waals surface area (Å²) in [6.07, 6.45) is 2.42. The van der Waals surface area contributed by atoms with E-state index in [1.807, 2.05) is 13.8 Å². The second kappa shape index (κ2) is 3.84. The third-order valence-corrected chi connectivity index (χ3v) is 6.49. The Morgan fingerprint density at radius 3 is 2.55 bits per heavy atom. The highest BCUT2D eigenvalue weighted by Crippen LogP contribution is 2.61. The second-order valence-electron chi connectivity index (χ2n) is 6.53. The number of epoxide rings is 1. The summed E-state index contributed by atoms with van der Waals surface area (Å²) in [4.78, 5) is 0.236. The molecule has 2 aliphatic carbocycles. The first kappa shape index (κ1) is 12.8. The Morgan fingerprint density at radius 2 is 1.95 bits per heavy atom. The van der Waals surface area contributed by atoms with Crippen LogP contribution in [0.25, 0.3) is 0 Å². The molecule has 0 unspecified atom stereocenters. The maximum absolute atomic E-state index is 12.4. The minimum absolute atomic E-state index is 0.220. The van der Waals surface area contributed by atoms with Gasteiger partial charge in [-0.2, -0.15) is 8.42 Å². The number of benzene rings is 1. The van der Waals surface area contributed by atoms with Crippen molar-refractivity contribution in [3.63, 3.8) is 0 Å². The van der Waals surface area contributed by atoms with E-state index in [0.717, 1.165) is 18.4 Å². The average molecular weight is 294 g/mol. The van der Waals surface area contributed by atoms with Gasteiger partial charge < -0.3 is 4.74 Å². The molecule has 0 spiro atoms. The van der Waals surface area contributed by atoms with Crippen LogP contribution >= 0.6 is 0 Å². The van der Waals surface area contributed by atoms with Crippen LogP contribution in [0.1, 0.15) is 25.3 Å². The van der Waals surface area contributed by atoms with E-state index in [-0.39, 0.29) is 16.9 Å². The first-order valence-corrected chi connectivity index (χ1v) is 8.48. The van der Waals surface area contributed by atoms with Crippen LogP contribution in [-0.2, 0) is 19.0 Å². The number of hydrogen-bond donors (Lipinski definition) is 0. The van der Waals surface area contributed by atoms with E-state index >= 15 is 0 Å². The van der Waals surface area contributed by atoms with Gasteiger partial charge in [0.15, 0.2) is 0 Å². The first-order valence-electron chi connectivity index (χ1n) is 7.07. The van der Waals surface area contributed by atoms with Crippen molar-refractivity contribution in [1.29, 1.82) is 0 Å². The molecule has 108 valence electrons. The molecule has 1 heterocycles. The largest absolute Gasteiger partial charge is 0.369 e. The van der Waals surface area contributed by atoms with Gasteiger partial charge in [-0.1, -0.05) is 17.7 Å². The van der Waals surface area contributed by atoms with Crippen LogP contribution in [0.5, 0.6) is 0 Å². The highest BCUT2D eigenvalue weighted by molar-refractivity contribution is 7.86. The SMILES string of the molecule is Cc1ccc(S(=O)(=O)O[C@]2(C)C[C@H]3C[C@H]2[C@H]2O[C@@H]32)cc1. The zero-order valence-corrected chi connectivity index (χ0v) is 12.4. The number of fused-ring (bicyclic) bond motifs is 5. The van der Waals surface area contributed by atoms with Gasteiger partial charge in [0.2, 0.25) is 0 Å². The van der Waals surface area contributed by atoms with E-state index in [1.54, 1.807) is 24.3 Å². The highest BCUT2D eigenvalue weighted by atomic mass is 32.2. The monoisotopic (exact) mass is 294 g/mol. The molecule has 0 amide bonds. The normalized spacial score (nSPS) is 41.7. The molecule has 1 aromatic carbocycles. The van der Waals surface area contributed by atoms with Gasteiger partial charge in [0.05, 0.1) is 22.7 Å². The van der Waals surface area contributed by atoms with E-state index in [0.29, 0.717) is 12.0 Å². The van der Waals surface area contributed by atoms with Gasteiger partial charge >= 0.3 is 0 Å². The standard InChI is InChI=1S/C15H18O4S/c1-9-3-5-11(6-4-9)20(16,17)19-15(2)8-10-7-12(15)14-13(10)18-14/h3-6,10,12-14H,7-8H2,1-2H3/t10-,12+,13+,14-,15-/m1/s1. The van der Waals surface area contributed by atoms with Crippen molar-refractivity contribution in [3.8, 4) is 0 Å². The molecule has 1 aromatic rings. The van der Waals surface area contributed by atoms with Crippen LogP contribution < -0.4 is 0 Å². The number of ether oxygens (including phenoxy) is 1. The van der Waals surface area contributed by atoms with Crippen LogP contribution in [0.2, 0.25) is 0 Å². The molecular formula is C15H18O4S. The van der Waals surface area contributed by atoms with Crippen molar-refractivity contribution >= 4 is 10.1 Å². The predicted octanol–water partition coefficient (Wildman–Crippen LogP) is 2.27. The highest BCUT2D eigenvalue weighted by Gasteiger charge is 2.68. The molecule has 0 radical (unpaired) electrons. The molecule has 5 heteroatoms. The lowest BCUT2D eigenvalue weighted by molar-refractivity contribution is 0.0399. The van der Waals surface area contributed by atoms with Crippen molar-refractivity contribution in [3.05, 3.63) is 29.8 Å². The van der Waals surface area contributed by atoms with Gasteiger partial charge in [-0.25, -0.2) is 0 Å². The lowest BCUT2D eigenvalue weighted by Crippen LogP contribution is -2.40. The molecule has 3 aliphatic rings. The van der Waals surface area contributed by atoms with Crippen molar-refractivity contribution in [2.45, 2.75) is 49.4 Å². The molecule has 5 atom stereocenters. The smallest absolute Gasteiger partial charge is 0.297 e. The molecule has 4 rings (SSSR count). The zero-order valence-electron chi connectivity index (χ0n) is 11.6. The second-order valence-corrected chi connectivity index (χ2v) is 8.08. The van der Waals surface area contributed by atoms with E-state index < -0.39 is 15.7 Å². The summed E-state index contributed by atoms with van der Waals surface area (Å²) >= 11 is 0. The molecular weight excluding hydrogens is 276 g/mol. The summed E-state index contributed by atoms with van der Waals surface area (Å²) in [5.74, 6) is 0.695. The molecule has 2 saturated carbocycles. The average Bonchev–Trinajstić information content (AvgIpc) is 3.00. The Balaban J connectivity index is 1.60. The van der Waals surface area contributed by atoms with Crippen molar-refractivity contribution in [2.24, 2.45) is 11.8 Å².